The molecule has 3 heteroatoms. The molecule has 0 aliphatic carbocycles. The van der Waals surface area contributed by atoms with Crippen LogP contribution in [0.15, 0.2) is 69.9 Å². The summed E-state index contributed by atoms with van der Waals surface area (Å²) in [6, 6.07) is 19.0. The number of benzene rings is 2. The van der Waals surface area contributed by atoms with Gasteiger partial charge in [-0.05, 0) is 45.6 Å². The first-order valence-electron chi connectivity index (χ1n) is 5.63. The maximum atomic E-state index is 12.1. The Morgan fingerprint density at radius 2 is 1.56 bits per heavy atom. The lowest BCUT2D eigenvalue weighted by Crippen LogP contribution is -2.17. The van der Waals surface area contributed by atoms with Crippen molar-refractivity contribution < 1.29 is 0 Å². The Labute approximate surface area is 113 Å². The van der Waals surface area contributed by atoms with E-state index in [2.05, 4.69) is 15.9 Å². The highest BCUT2D eigenvalue weighted by molar-refractivity contribution is 9.10. The van der Waals surface area contributed by atoms with Crippen LogP contribution in [0.5, 0.6) is 0 Å². The van der Waals surface area contributed by atoms with Crippen molar-refractivity contribution in [1.82, 2.24) is 4.57 Å². The second-order valence-electron chi connectivity index (χ2n) is 4.02. The van der Waals surface area contributed by atoms with Crippen molar-refractivity contribution in [1.29, 1.82) is 0 Å². The number of fused-ring (bicyclic) bond motifs is 1. The van der Waals surface area contributed by atoms with Crippen molar-refractivity contribution in [3.8, 4) is 5.69 Å². The first-order valence-corrected chi connectivity index (χ1v) is 6.42. The molecule has 0 saturated carbocycles. The third-order valence-corrected chi connectivity index (χ3v) is 3.57. The van der Waals surface area contributed by atoms with Crippen LogP contribution in [0.3, 0.4) is 0 Å². The highest BCUT2D eigenvalue weighted by atomic mass is 79.9. The van der Waals surface area contributed by atoms with Gasteiger partial charge < -0.3 is 0 Å². The maximum Gasteiger partial charge on any atom is 0.255 e. The molecule has 2 aromatic carbocycles. The molecule has 0 amide bonds. The molecular weight excluding hydrogens is 290 g/mol. The molecule has 2 nitrogen and oxygen atoms in total. The predicted molar refractivity (Wildman–Crippen MR) is 77.2 cm³/mol. The standard InChI is InChI=1S/C15H10BrNO/c16-12-6-2-4-8-14(12)17-13-7-3-1-5-11(13)9-10-15(17)18/h1-10H. The molecule has 0 saturated heterocycles. The second-order valence-corrected chi connectivity index (χ2v) is 4.87. The fraction of sp³-hybridized carbons (Fsp3) is 0. The number of aromatic nitrogens is 1. The summed E-state index contributed by atoms with van der Waals surface area (Å²) >= 11 is 3.49. The molecule has 88 valence electrons. The average Bonchev–Trinajstić information content (AvgIpc) is 2.40. The topological polar surface area (TPSA) is 22.0 Å². The van der Waals surface area contributed by atoms with Crippen LogP contribution < -0.4 is 5.56 Å². The number of halogens is 1. The predicted octanol–water partition coefficient (Wildman–Crippen LogP) is 3.75. The summed E-state index contributed by atoms with van der Waals surface area (Å²) in [4.78, 5) is 12.1. The van der Waals surface area contributed by atoms with E-state index in [9.17, 15) is 4.79 Å². The fourth-order valence-electron chi connectivity index (χ4n) is 2.07. The van der Waals surface area contributed by atoms with Gasteiger partial charge in [-0.25, -0.2) is 0 Å². The number of hydrogen-bond donors (Lipinski definition) is 0. The zero-order chi connectivity index (χ0) is 12.5. The van der Waals surface area contributed by atoms with Gasteiger partial charge in [0.05, 0.1) is 11.2 Å². The van der Waals surface area contributed by atoms with Crippen LogP contribution in [0, 0.1) is 0 Å². The molecule has 3 aromatic rings. The van der Waals surface area contributed by atoms with E-state index in [0.29, 0.717) is 0 Å². The lowest BCUT2D eigenvalue weighted by atomic mass is 10.2. The van der Waals surface area contributed by atoms with Crippen LogP contribution in [0.1, 0.15) is 0 Å². The number of para-hydroxylation sites is 2. The van der Waals surface area contributed by atoms with Gasteiger partial charge in [-0.3, -0.25) is 9.36 Å². The summed E-state index contributed by atoms with van der Waals surface area (Å²) in [7, 11) is 0. The van der Waals surface area contributed by atoms with Gasteiger partial charge in [0.15, 0.2) is 0 Å². The van der Waals surface area contributed by atoms with E-state index in [1.54, 1.807) is 10.6 Å². The van der Waals surface area contributed by atoms with Crippen molar-refractivity contribution in [3.63, 3.8) is 0 Å². The first kappa shape index (κ1) is 11.2. The minimum Gasteiger partial charge on any atom is -0.276 e. The number of hydrogen-bond acceptors (Lipinski definition) is 1. The number of rotatable bonds is 1. The Balaban J connectivity index is 2.46. The SMILES string of the molecule is O=c1ccc2ccccc2n1-c1ccccc1Br. The van der Waals surface area contributed by atoms with Crippen LogP contribution in [-0.2, 0) is 0 Å². The molecule has 0 N–H and O–H groups in total. The lowest BCUT2D eigenvalue weighted by molar-refractivity contribution is 1.04. The Bertz CT molecular complexity index is 777. The minimum absolute atomic E-state index is 0.0272. The summed E-state index contributed by atoms with van der Waals surface area (Å²) in [6.45, 7) is 0. The average molecular weight is 300 g/mol. The summed E-state index contributed by atoms with van der Waals surface area (Å²) in [5, 5.41) is 1.05. The molecule has 1 heterocycles. The van der Waals surface area contributed by atoms with E-state index in [-0.39, 0.29) is 5.56 Å². The van der Waals surface area contributed by atoms with Gasteiger partial charge in [-0.1, -0.05) is 30.3 Å². The van der Waals surface area contributed by atoms with Crippen LogP contribution >= 0.6 is 15.9 Å². The van der Waals surface area contributed by atoms with Crippen molar-refractivity contribution in [3.05, 3.63) is 75.5 Å². The molecule has 0 bridgehead atoms. The van der Waals surface area contributed by atoms with Crippen LogP contribution in [-0.4, -0.2) is 4.57 Å². The summed E-state index contributed by atoms with van der Waals surface area (Å²) < 4.78 is 2.63. The molecule has 0 unspecified atom stereocenters. The van der Waals surface area contributed by atoms with Crippen LogP contribution in [0.4, 0.5) is 0 Å². The van der Waals surface area contributed by atoms with E-state index in [4.69, 9.17) is 0 Å². The second kappa shape index (κ2) is 4.42. The van der Waals surface area contributed by atoms with Crippen molar-refractivity contribution in [2.45, 2.75) is 0 Å². The molecule has 18 heavy (non-hydrogen) atoms. The minimum atomic E-state index is -0.0272. The van der Waals surface area contributed by atoms with Crippen LogP contribution in [0.25, 0.3) is 16.6 Å². The fourth-order valence-corrected chi connectivity index (χ4v) is 2.53. The Morgan fingerprint density at radius 3 is 2.39 bits per heavy atom. The first-order chi connectivity index (χ1) is 8.77. The van der Waals surface area contributed by atoms with E-state index >= 15 is 0 Å². The Kier molecular flexibility index (Phi) is 2.76. The molecule has 0 fully saturated rings. The monoisotopic (exact) mass is 299 g/mol. The third kappa shape index (κ3) is 1.77. The number of pyridine rings is 1. The summed E-state index contributed by atoms with van der Waals surface area (Å²) in [5.41, 5.74) is 1.75. The van der Waals surface area contributed by atoms with Gasteiger partial charge in [0.1, 0.15) is 0 Å². The zero-order valence-electron chi connectivity index (χ0n) is 9.51. The van der Waals surface area contributed by atoms with E-state index in [1.165, 1.54) is 0 Å². The van der Waals surface area contributed by atoms with Gasteiger partial charge in [-0.15, -0.1) is 0 Å². The molecule has 0 aliphatic heterocycles. The van der Waals surface area contributed by atoms with E-state index < -0.39 is 0 Å². The quantitative estimate of drug-likeness (QED) is 0.671. The Hall–Kier alpha value is -1.87. The van der Waals surface area contributed by atoms with Gasteiger partial charge in [0, 0.05) is 10.5 Å². The molecule has 0 aliphatic rings. The lowest BCUT2D eigenvalue weighted by Gasteiger charge is -2.11. The number of nitrogens with zero attached hydrogens (tertiary/aromatic N) is 1. The summed E-state index contributed by atoms with van der Waals surface area (Å²) in [6.07, 6.45) is 0. The van der Waals surface area contributed by atoms with Gasteiger partial charge in [0.25, 0.3) is 5.56 Å². The molecule has 0 atom stereocenters. The zero-order valence-corrected chi connectivity index (χ0v) is 11.1. The molecule has 0 radical (unpaired) electrons. The molecule has 3 rings (SSSR count). The molecular formula is C15H10BrNO. The van der Waals surface area contributed by atoms with E-state index in [1.807, 2.05) is 54.6 Å². The maximum absolute atomic E-state index is 12.1. The van der Waals surface area contributed by atoms with Gasteiger partial charge >= 0.3 is 0 Å². The summed E-state index contributed by atoms with van der Waals surface area (Å²) in [5.74, 6) is 0. The normalized spacial score (nSPS) is 10.7. The van der Waals surface area contributed by atoms with Gasteiger partial charge in [-0.2, -0.15) is 0 Å². The van der Waals surface area contributed by atoms with Crippen molar-refractivity contribution in [2.24, 2.45) is 0 Å². The van der Waals surface area contributed by atoms with Crippen molar-refractivity contribution >= 4 is 26.8 Å². The smallest absolute Gasteiger partial charge is 0.255 e. The van der Waals surface area contributed by atoms with Crippen molar-refractivity contribution in [2.75, 3.05) is 0 Å². The highest BCUT2D eigenvalue weighted by Gasteiger charge is 2.07. The van der Waals surface area contributed by atoms with Crippen LogP contribution in [0.2, 0.25) is 0 Å². The Morgan fingerprint density at radius 1 is 0.833 bits per heavy atom. The molecule has 0 spiro atoms. The van der Waals surface area contributed by atoms with Gasteiger partial charge in [0.2, 0.25) is 0 Å². The van der Waals surface area contributed by atoms with E-state index in [0.717, 1.165) is 21.1 Å². The highest BCUT2D eigenvalue weighted by Crippen LogP contribution is 2.22. The third-order valence-electron chi connectivity index (χ3n) is 2.90. The largest absolute Gasteiger partial charge is 0.276 e. The molecule has 1 aromatic heterocycles.